The fourth-order valence-corrected chi connectivity index (χ4v) is 2.91. The second-order valence-corrected chi connectivity index (χ2v) is 5.53. The van der Waals surface area contributed by atoms with Crippen LogP contribution in [0.25, 0.3) is 0 Å². The number of carbonyl (C=O) groups is 1. The number of rotatable bonds is 4. The van der Waals surface area contributed by atoms with Crippen molar-refractivity contribution in [2.75, 3.05) is 19.6 Å². The second kappa shape index (κ2) is 6.36. The van der Waals surface area contributed by atoms with Gasteiger partial charge in [0.05, 0.1) is 6.10 Å². The van der Waals surface area contributed by atoms with Crippen LogP contribution in [0.1, 0.15) is 38.5 Å². The Bertz CT molecular complexity index is 252. The molecule has 2 unspecified atom stereocenters. The molecule has 3 N–H and O–H groups in total. The van der Waals surface area contributed by atoms with Crippen molar-refractivity contribution < 1.29 is 9.90 Å². The van der Waals surface area contributed by atoms with Crippen molar-refractivity contribution in [3.63, 3.8) is 0 Å². The lowest BCUT2D eigenvalue weighted by atomic mass is 9.94. The van der Waals surface area contributed by atoms with Crippen LogP contribution in [0, 0.1) is 11.8 Å². The molecule has 0 bridgehead atoms. The zero-order valence-corrected chi connectivity index (χ0v) is 10.5. The molecule has 2 fully saturated rings. The van der Waals surface area contributed by atoms with E-state index in [1.807, 2.05) is 0 Å². The number of nitrogens with one attached hydrogen (secondary N) is 2. The Morgan fingerprint density at radius 3 is 2.59 bits per heavy atom. The maximum atomic E-state index is 11.8. The Morgan fingerprint density at radius 1 is 1.18 bits per heavy atom. The van der Waals surface area contributed by atoms with Crippen molar-refractivity contribution >= 4 is 5.91 Å². The van der Waals surface area contributed by atoms with Gasteiger partial charge < -0.3 is 15.7 Å². The van der Waals surface area contributed by atoms with E-state index in [1.54, 1.807) is 0 Å². The first-order chi connectivity index (χ1) is 8.24. The molecule has 1 aliphatic carbocycles. The monoisotopic (exact) mass is 240 g/mol. The van der Waals surface area contributed by atoms with Crippen LogP contribution in [0.15, 0.2) is 0 Å². The normalized spacial score (nSPS) is 30.4. The molecule has 98 valence electrons. The first-order valence-electron chi connectivity index (χ1n) is 6.89. The molecule has 2 rings (SSSR count). The summed E-state index contributed by atoms with van der Waals surface area (Å²) in [6.07, 6.45) is 5.58. The molecular formula is C13H24N2O2. The van der Waals surface area contributed by atoms with E-state index >= 15 is 0 Å². The molecule has 4 heteroatoms. The van der Waals surface area contributed by atoms with Crippen LogP contribution in [-0.2, 0) is 4.79 Å². The van der Waals surface area contributed by atoms with Crippen LogP contribution in [0.3, 0.4) is 0 Å². The predicted octanol–water partition coefficient (Wildman–Crippen LogP) is 0.653. The van der Waals surface area contributed by atoms with Gasteiger partial charge in [0.15, 0.2) is 0 Å². The third kappa shape index (κ3) is 4.28. The van der Waals surface area contributed by atoms with E-state index in [9.17, 15) is 9.90 Å². The molecule has 2 atom stereocenters. The van der Waals surface area contributed by atoms with E-state index < -0.39 is 0 Å². The quantitative estimate of drug-likeness (QED) is 0.676. The van der Waals surface area contributed by atoms with Gasteiger partial charge in [-0.15, -0.1) is 0 Å². The van der Waals surface area contributed by atoms with Crippen LogP contribution in [0.5, 0.6) is 0 Å². The molecule has 1 amide bonds. The summed E-state index contributed by atoms with van der Waals surface area (Å²) in [5.74, 6) is 1.24. The summed E-state index contributed by atoms with van der Waals surface area (Å²) in [5, 5.41) is 15.7. The molecule has 1 aliphatic heterocycles. The van der Waals surface area contributed by atoms with Crippen LogP contribution in [-0.4, -0.2) is 36.8 Å². The highest BCUT2D eigenvalue weighted by Gasteiger charge is 2.23. The number of aliphatic hydroxyl groups excluding tert-OH is 1. The van der Waals surface area contributed by atoms with Crippen LogP contribution < -0.4 is 10.6 Å². The topological polar surface area (TPSA) is 61.4 Å². The molecule has 0 radical (unpaired) electrons. The van der Waals surface area contributed by atoms with Crippen molar-refractivity contribution in [3.8, 4) is 0 Å². The summed E-state index contributed by atoms with van der Waals surface area (Å²) in [6, 6.07) is 0. The summed E-state index contributed by atoms with van der Waals surface area (Å²) in [5.41, 5.74) is 0. The highest BCUT2D eigenvalue weighted by molar-refractivity contribution is 5.76. The number of piperidine rings is 1. The molecule has 0 spiro atoms. The summed E-state index contributed by atoms with van der Waals surface area (Å²) in [4.78, 5) is 11.8. The third-order valence-electron chi connectivity index (χ3n) is 4.03. The Morgan fingerprint density at radius 2 is 1.94 bits per heavy atom. The summed E-state index contributed by atoms with van der Waals surface area (Å²) >= 11 is 0. The van der Waals surface area contributed by atoms with Gasteiger partial charge >= 0.3 is 0 Å². The highest BCUT2D eigenvalue weighted by atomic mass is 16.3. The van der Waals surface area contributed by atoms with E-state index in [2.05, 4.69) is 10.6 Å². The third-order valence-corrected chi connectivity index (χ3v) is 4.03. The molecule has 1 heterocycles. The van der Waals surface area contributed by atoms with Gasteiger partial charge in [-0.2, -0.15) is 0 Å². The lowest BCUT2D eigenvalue weighted by Crippen LogP contribution is -2.34. The van der Waals surface area contributed by atoms with Gasteiger partial charge in [-0.3, -0.25) is 4.79 Å². The molecule has 1 saturated carbocycles. The minimum Gasteiger partial charge on any atom is -0.393 e. The number of amides is 1. The Balaban J connectivity index is 1.60. The highest BCUT2D eigenvalue weighted by Crippen LogP contribution is 2.24. The fraction of sp³-hybridized carbons (Fsp3) is 0.923. The predicted molar refractivity (Wildman–Crippen MR) is 66.6 cm³/mol. The van der Waals surface area contributed by atoms with Crippen LogP contribution in [0.4, 0.5) is 0 Å². The maximum absolute atomic E-state index is 11.8. The zero-order valence-electron chi connectivity index (χ0n) is 10.5. The van der Waals surface area contributed by atoms with Gasteiger partial charge in [0, 0.05) is 13.0 Å². The van der Waals surface area contributed by atoms with Gasteiger partial charge in [-0.25, -0.2) is 0 Å². The van der Waals surface area contributed by atoms with E-state index in [-0.39, 0.29) is 12.0 Å². The lowest BCUT2D eigenvalue weighted by molar-refractivity contribution is -0.122. The van der Waals surface area contributed by atoms with E-state index in [4.69, 9.17) is 0 Å². The lowest BCUT2D eigenvalue weighted by Gasteiger charge is -2.22. The molecule has 0 aromatic heterocycles. The first kappa shape index (κ1) is 12.8. The number of hydrogen-bond acceptors (Lipinski definition) is 3. The Kier molecular flexibility index (Phi) is 4.80. The number of carbonyl (C=O) groups excluding carboxylic acids is 1. The molecule has 0 aromatic carbocycles. The van der Waals surface area contributed by atoms with Crippen molar-refractivity contribution in [3.05, 3.63) is 0 Å². The molecular weight excluding hydrogens is 216 g/mol. The number of hydrogen-bond donors (Lipinski definition) is 3. The van der Waals surface area contributed by atoms with Gasteiger partial charge in [-0.05, 0) is 57.0 Å². The summed E-state index contributed by atoms with van der Waals surface area (Å²) < 4.78 is 0. The standard InChI is InChI=1S/C13H24N2O2/c16-12-2-1-11(7-12)9-15-13(17)8-10-3-5-14-6-4-10/h10-12,14,16H,1-9H2,(H,15,17). The van der Waals surface area contributed by atoms with Crippen molar-refractivity contribution in [1.29, 1.82) is 0 Å². The van der Waals surface area contributed by atoms with E-state index in [0.717, 1.165) is 51.7 Å². The van der Waals surface area contributed by atoms with Gasteiger partial charge in [0.25, 0.3) is 0 Å². The zero-order chi connectivity index (χ0) is 12.1. The molecule has 17 heavy (non-hydrogen) atoms. The molecule has 0 aromatic rings. The van der Waals surface area contributed by atoms with Gasteiger partial charge in [-0.1, -0.05) is 0 Å². The molecule has 4 nitrogen and oxygen atoms in total. The SMILES string of the molecule is O=C(CC1CCNCC1)NCC1CCC(O)C1. The van der Waals surface area contributed by atoms with Crippen LogP contribution in [0.2, 0.25) is 0 Å². The van der Waals surface area contributed by atoms with Crippen LogP contribution >= 0.6 is 0 Å². The molecule has 2 aliphatic rings. The smallest absolute Gasteiger partial charge is 0.220 e. The van der Waals surface area contributed by atoms with Gasteiger partial charge in [0.1, 0.15) is 0 Å². The van der Waals surface area contributed by atoms with Crippen molar-refractivity contribution in [2.24, 2.45) is 11.8 Å². The Hall–Kier alpha value is -0.610. The maximum Gasteiger partial charge on any atom is 0.220 e. The largest absolute Gasteiger partial charge is 0.393 e. The summed E-state index contributed by atoms with van der Waals surface area (Å²) in [6.45, 7) is 2.85. The van der Waals surface area contributed by atoms with E-state index in [1.165, 1.54) is 0 Å². The first-order valence-corrected chi connectivity index (χ1v) is 6.89. The van der Waals surface area contributed by atoms with Crippen molar-refractivity contribution in [1.82, 2.24) is 10.6 Å². The number of aliphatic hydroxyl groups is 1. The second-order valence-electron chi connectivity index (χ2n) is 5.53. The minimum absolute atomic E-state index is 0.138. The van der Waals surface area contributed by atoms with Crippen molar-refractivity contribution in [2.45, 2.75) is 44.6 Å². The van der Waals surface area contributed by atoms with Gasteiger partial charge in [0.2, 0.25) is 5.91 Å². The minimum atomic E-state index is -0.138. The average molecular weight is 240 g/mol. The van der Waals surface area contributed by atoms with E-state index in [0.29, 0.717) is 18.3 Å². The summed E-state index contributed by atoms with van der Waals surface area (Å²) in [7, 11) is 0. The Labute approximate surface area is 103 Å². The average Bonchev–Trinajstić information content (AvgIpc) is 2.74. The fourth-order valence-electron chi connectivity index (χ4n) is 2.91. The molecule has 1 saturated heterocycles.